The molecule has 2 rings (SSSR count). The number of halogens is 2. The van der Waals surface area contributed by atoms with Gasteiger partial charge in [-0.15, -0.1) is 0 Å². The minimum Gasteiger partial charge on any atom is -0.396 e. The molecular formula is C11H8F2N4O. The molecule has 3 N–H and O–H groups in total. The first-order chi connectivity index (χ1) is 8.59. The van der Waals surface area contributed by atoms with Crippen LogP contribution in [-0.4, -0.2) is 15.9 Å². The van der Waals surface area contributed by atoms with Gasteiger partial charge >= 0.3 is 0 Å². The first-order valence-corrected chi connectivity index (χ1v) is 4.91. The van der Waals surface area contributed by atoms with Crippen molar-refractivity contribution in [2.75, 3.05) is 11.1 Å². The van der Waals surface area contributed by atoms with Gasteiger partial charge < -0.3 is 5.73 Å². The summed E-state index contributed by atoms with van der Waals surface area (Å²) in [4.78, 5) is 19.1. The maximum Gasteiger partial charge on any atom is 0.264 e. The summed E-state index contributed by atoms with van der Waals surface area (Å²) in [5.41, 5.74) is 4.20. The van der Waals surface area contributed by atoms with Gasteiger partial charge in [0.2, 0.25) is 5.95 Å². The zero-order chi connectivity index (χ0) is 13.1. The van der Waals surface area contributed by atoms with E-state index in [2.05, 4.69) is 15.3 Å². The zero-order valence-corrected chi connectivity index (χ0v) is 9.02. The van der Waals surface area contributed by atoms with Gasteiger partial charge in [0.15, 0.2) is 5.82 Å². The molecule has 5 nitrogen and oxygen atoms in total. The van der Waals surface area contributed by atoms with Gasteiger partial charge in [-0.2, -0.15) is 0 Å². The lowest BCUT2D eigenvalue weighted by molar-refractivity contribution is 0.101. The Labute approximate surface area is 101 Å². The highest BCUT2D eigenvalue weighted by Crippen LogP contribution is 2.19. The van der Waals surface area contributed by atoms with Crippen LogP contribution in [0.4, 0.5) is 20.4 Å². The molecule has 1 aromatic carbocycles. The zero-order valence-electron chi connectivity index (χ0n) is 9.02. The molecule has 0 bridgehead atoms. The van der Waals surface area contributed by atoms with Crippen LogP contribution in [0.1, 0.15) is 10.4 Å². The normalized spacial score (nSPS) is 10.1. The Balaban J connectivity index is 2.33. The van der Waals surface area contributed by atoms with Gasteiger partial charge in [-0.05, 0) is 18.2 Å². The number of nitrogen functional groups attached to an aromatic ring is 1. The van der Waals surface area contributed by atoms with E-state index >= 15 is 0 Å². The summed E-state index contributed by atoms with van der Waals surface area (Å²) >= 11 is 0. The molecule has 1 aromatic heterocycles. The molecule has 0 saturated carbocycles. The molecule has 92 valence electrons. The van der Waals surface area contributed by atoms with E-state index in [0.29, 0.717) is 0 Å². The number of hydrogen-bond acceptors (Lipinski definition) is 4. The molecule has 0 aliphatic carbocycles. The number of rotatable bonds is 2. The summed E-state index contributed by atoms with van der Waals surface area (Å²) < 4.78 is 26.9. The van der Waals surface area contributed by atoms with E-state index in [1.807, 2.05) is 0 Å². The number of anilines is 2. The second-order valence-corrected chi connectivity index (χ2v) is 3.35. The van der Waals surface area contributed by atoms with E-state index < -0.39 is 23.1 Å². The van der Waals surface area contributed by atoms with Crippen molar-refractivity contribution in [1.82, 2.24) is 9.97 Å². The predicted molar refractivity (Wildman–Crippen MR) is 60.8 cm³/mol. The summed E-state index contributed by atoms with van der Waals surface area (Å²) in [6.07, 6.45) is 2.77. The number of carbonyl (C=O) groups excluding carboxylic acids is 1. The first-order valence-electron chi connectivity index (χ1n) is 4.91. The van der Waals surface area contributed by atoms with Crippen LogP contribution in [0.3, 0.4) is 0 Å². The number of hydrogen-bond donors (Lipinski definition) is 2. The van der Waals surface area contributed by atoms with Gasteiger partial charge in [-0.3, -0.25) is 10.1 Å². The minimum atomic E-state index is -1.11. The lowest BCUT2D eigenvalue weighted by Crippen LogP contribution is -2.18. The van der Waals surface area contributed by atoms with Crippen LogP contribution in [0.15, 0.2) is 30.6 Å². The highest BCUT2D eigenvalue weighted by atomic mass is 19.1. The Hall–Kier alpha value is -2.57. The molecule has 0 atom stereocenters. The van der Waals surface area contributed by atoms with Crippen molar-refractivity contribution < 1.29 is 13.6 Å². The number of benzene rings is 1. The van der Waals surface area contributed by atoms with Crippen molar-refractivity contribution in [2.24, 2.45) is 0 Å². The van der Waals surface area contributed by atoms with Gasteiger partial charge in [-0.1, -0.05) is 0 Å². The van der Waals surface area contributed by atoms with E-state index in [9.17, 15) is 13.6 Å². The Morgan fingerprint density at radius 1 is 1.22 bits per heavy atom. The van der Waals surface area contributed by atoms with Crippen molar-refractivity contribution >= 4 is 17.5 Å². The van der Waals surface area contributed by atoms with Gasteiger partial charge in [0.1, 0.15) is 11.4 Å². The van der Waals surface area contributed by atoms with Crippen molar-refractivity contribution in [2.45, 2.75) is 0 Å². The molecule has 0 aliphatic rings. The highest BCUT2D eigenvalue weighted by molar-refractivity contribution is 6.04. The SMILES string of the molecule is Nc1ccc(F)c(C(=O)Nc2ncccn2)c1F. The van der Waals surface area contributed by atoms with E-state index in [-0.39, 0.29) is 11.6 Å². The topological polar surface area (TPSA) is 80.9 Å². The number of nitrogens with zero attached hydrogens (tertiary/aromatic N) is 2. The van der Waals surface area contributed by atoms with Gasteiger partial charge in [0.25, 0.3) is 5.91 Å². The number of nitrogens with two attached hydrogens (primary N) is 1. The van der Waals surface area contributed by atoms with Crippen molar-refractivity contribution in [1.29, 1.82) is 0 Å². The molecule has 0 aliphatic heterocycles. The number of amides is 1. The molecule has 7 heteroatoms. The highest BCUT2D eigenvalue weighted by Gasteiger charge is 2.20. The second kappa shape index (κ2) is 4.74. The van der Waals surface area contributed by atoms with Crippen LogP contribution >= 0.6 is 0 Å². The van der Waals surface area contributed by atoms with Gasteiger partial charge in [0.05, 0.1) is 5.69 Å². The third-order valence-corrected chi connectivity index (χ3v) is 2.14. The van der Waals surface area contributed by atoms with Crippen LogP contribution in [0.25, 0.3) is 0 Å². The Kier molecular flexibility index (Phi) is 3.13. The van der Waals surface area contributed by atoms with Crippen LogP contribution in [0, 0.1) is 11.6 Å². The maximum atomic E-state index is 13.5. The summed E-state index contributed by atoms with van der Waals surface area (Å²) in [6.45, 7) is 0. The van der Waals surface area contributed by atoms with Crippen LogP contribution in [-0.2, 0) is 0 Å². The molecule has 0 unspecified atom stereocenters. The lowest BCUT2D eigenvalue weighted by Gasteiger charge is -2.06. The summed E-state index contributed by atoms with van der Waals surface area (Å²) in [5, 5.41) is 2.17. The van der Waals surface area contributed by atoms with E-state index in [1.54, 1.807) is 0 Å². The number of nitrogens with one attached hydrogen (secondary N) is 1. The number of carbonyl (C=O) groups is 1. The van der Waals surface area contributed by atoms with Gasteiger partial charge in [-0.25, -0.2) is 18.7 Å². The average molecular weight is 250 g/mol. The fraction of sp³-hybridized carbons (Fsp3) is 0. The van der Waals surface area contributed by atoms with Crippen molar-refractivity contribution in [3.05, 3.63) is 47.8 Å². The standard InChI is InChI=1S/C11H8F2N4O/c12-6-2-3-7(14)9(13)8(6)10(18)17-11-15-4-1-5-16-11/h1-5H,14H2,(H,15,16,17,18). The van der Waals surface area contributed by atoms with Crippen molar-refractivity contribution in [3.8, 4) is 0 Å². The summed E-state index contributed by atoms with van der Waals surface area (Å²) in [5.74, 6) is -3.16. The molecular weight excluding hydrogens is 242 g/mol. The fourth-order valence-corrected chi connectivity index (χ4v) is 1.30. The maximum absolute atomic E-state index is 13.5. The number of aromatic nitrogens is 2. The predicted octanol–water partition coefficient (Wildman–Crippen LogP) is 1.59. The average Bonchev–Trinajstić information content (AvgIpc) is 2.36. The Morgan fingerprint density at radius 2 is 1.89 bits per heavy atom. The Morgan fingerprint density at radius 3 is 2.56 bits per heavy atom. The Bertz CT molecular complexity index is 589. The van der Waals surface area contributed by atoms with Crippen molar-refractivity contribution in [3.63, 3.8) is 0 Å². The minimum absolute atomic E-state index is 0.0521. The molecule has 2 aromatic rings. The van der Waals surface area contributed by atoms with Gasteiger partial charge in [0, 0.05) is 12.4 Å². The van der Waals surface area contributed by atoms with Crippen LogP contribution < -0.4 is 11.1 Å². The third-order valence-electron chi connectivity index (χ3n) is 2.14. The quantitative estimate of drug-likeness (QED) is 0.793. The van der Waals surface area contributed by atoms with Crippen LogP contribution in [0.5, 0.6) is 0 Å². The first kappa shape index (κ1) is 11.9. The third kappa shape index (κ3) is 2.24. The van der Waals surface area contributed by atoms with E-state index in [0.717, 1.165) is 12.1 Å². The molecule has 18 heavy (non-hydrogen) atoms. The monoisotopic (exact) mass is 250 g/mol. The summed E-state index contributed by atoms with van der Waals surface area (Å²) in [7, 11) is 0. The molecule has 0 fully saturated rings. The molecule has 0 spiro atoms. The lowest BCUT2D eigenvalue weighted by atomic mass is 10.1. The molecule has 1 heterocycles. The largest absolute Gasteiger partial charge is 0.396 e. The molecule has 1 amide bonds. The second-order valence-electron chi connectivity index (χ2n) is 3.35. The summed E-state index contributed by atoms with van der Waals surface area (Å²) in [6, 6.07) is 3.50. The molecule has 0 saturated heterocycles. The molecule has 0 radical (unpaired) electrons. The van der Waals surface area contributed by atoms with E-state index in [4.69, 9.17) is 5.73 Å². The smallest absolute Gasteiger partial charge is 0.264 e. The fourth-order valence-electron chi connectivity index (χ4n) is 1.30. The van der Waals surface area contributed by atoms with E-state index in [1.165, 1.54) is 18.5 Å². The van der Waals surface area contributed by atoms with Crippen LogP contribution in [0.2, 0.25) is 0 Å².